The molecule has 3 heteroatoms. The second-order valence-electron chi connectivity index (χ2n) is 5.86. The van der Waals surface area contributed by atoms with Crippen molar-refractivity contribution in [3.8, 4) is 5.75 Å². The maximum atomic E-state index is 12.5. The third-order valence-corrected chi connectivity index (χ3v) is 4.71. The van der Waals surface area contributed by atoms with Crippen LogP contribution in [0, 0.1) is 11.8 Å². The lowest BCUT2D eigenvalue weighted by atomic mass is 9.75. The Morgan fingerprint density at radius 1 is 1.11 bits per heavy atom. The zero-order chi connectivity index (χ0) is 13.2. The van der Waals surface area contributed by atoms with E-state index in [2.05, 4.69) is 0 Å². The van der Waals surface area contributed by atoms with Crippen LogP contribution in [0.4, 0.5) is 0 Å². The number of aromatic hydroxyl groups is 1. The maximum Gasteiger partial charge on any atom is 0.257 e. The first kappa shape index (κ1) is 12.5. The van der Waals surface area contributed by atoms with Gasteiger partial charge in [0.15, 0.2) is 0 Å². The van der Waals surface area contributed by atoms with E-state index in [0.29, 0.717) is 11.5 Å². The van der Waals surface area contributed by atoms with Gasteiger partial charge in [0.2, 0.25) is 0 Å². The van der Waals surface area contributed by atoms with E-state index < -0.39 is 0 Å². The molecule has 0 bridgehead atoms. The molecule has 2 aliphatic rings. The van der Waals surface area contributed by atoms with Gasteiger partial charge >= 0.3 is 0 Å². The van der Waals surface area contributed by atoms with Gasteiger partial charge in [0.05, 0.1) is 5.56 Å². The summed E-state index contributed by atoms with van der Waals surface area (Å²) in [5.74, 6) is 1.58. The molecule has 2 atom stereocenters. The fourth-order valence-corrected chi connectivity index (χ4v) is 3.61. The number of hydrogen-bond donors (Lipinski definition) is 1. The first-order valence-electron chi connectivity index (χ1n) is 7.33. The monoisotopic (exact) mass is 259 g/mol. The highest BCUT2D eigenvalue weighted by Crippen LogP contribution is 2.36. The molecule has 3 nitrogen and oxygen atoms in total. The molecule has 1 N–H and O–H groups in total. The highest BCUT2D eigenvalue weighted by molar-refractivity contribution is 5.96. The van der Waals surface area contributed by atoms with Crippen LogP contribution in [0.15, 0.2) is 24.3 Å². The number of fused-ring (bicyclic) bond motifs is 1. The second kappa shape index (κ2) is 5.24. The van der Waals surface area contributed by atoms with Gasteiger partial charge in [0.25, 0.3) is 5.91 Å². The Hall–Kier alpha value is -1.51. The molecule has 1 heterocycles. The summed E-state index contributed by atoms with van der Waals surface area (Å²) in [5, 5.41) is 9.80. The first-order valence-corrected chi connectivity index (χ1v) is 7.33. The van der Waals surface area contributed by atoms with Crippen molar-refractivity contribution in [2.45, 2.75) is 32.1 Å². The van der Waals surface area contributed by atoms with E-state index in [0.717, 1.165) is 25.4 Å². The quantitative estimate of drug-likeness (QED) is 0.842. The molecule has 1 saturated heterocycles. The number of rotatable bonds is 1. The van der Waals surface area contributed by atoms with Crippen LogP contribution in [-0.4, -0.2) is 29.0 Å². The number of phenols is 1. The number of hydrogen-bond acceptors (Lipinski definition) is 2. The minimum atomic E-state index is -0.0119. The molecule has 1 aromatic rings. The SMILES string of the molecule is O=C(c1ccccc1O)N1CCC2CCCCC2C1. The number of amides is 1. The van der Waals surface area contributed by atoms with Crippen molar-refractivity contribution in [2.75, 3.05) is 13.1 Å². The second-order valence-corrected chi connectivity index (χ2v) is 5.86. The summed E-state index contributed by atoms with van der Waals surface area (Å²) in [5.41, 5.74) is 0.441. The Kier molecular flexibility index (Phi) is 3.45. The highest BCUT2D eigenvalue weighted by Gasteiger charge is 2.33. The van der Waals surface area contributed by atoms with E-state index in [9.17, 15) is 9.90 Å². The summed E-state index contributed by atoms with van der Waals surface area (Å²) in [6, 6.07) is 6.85. The third kappa shape index (κ3) is 2.46. The van der Waals surface area contributed by atoms with Gasteiger partial charge in [-0.3, -0.25) is 4.79 Å². The summed E-state index contributed by atoms with van der Waals surface area (Å²) in [7, 11) is 0. The van der Waals surface area contributed by atoms with E-state index in [1.165, 1.54) is 25.7 Å². The van der Waals surface area contributed by atoms with E-state index in [-0.39, 0.29) is 11.7 Å². The molecule has 0 radical (unpaired) electrons. The highest BCUT2D eigenvalue weighted by atomic mass is 16.3. The summed E-state index contributed by atoms with van der Waals surface area (Å²) in [4.78, 5) is 14.4. The molecule has 2 unspecified atom stereocenters. The average molecular weight is 259 g/mol. The number of carbonyl (C=O) groups is 1. The van der Waals surface area contributed by atoms with Gasteiger partial charge in [-0.05, 0) is 36.8 Å². The van der Waals surface area contributed by atoms with Crippen LogP contribution in [0.1, 0.15) is 42.5 Å². The normalized spacial score (nSPS) is 26.8. The van der Waals surface area contributed by atoms with Crippen molar-refractivity contribution in [2.24, 2.45) is 11.8 Å². The van der Waals surface area contributed by atoms with Crippen LogP contribution in [0.3, 0.4) is 0 Å². The lowest BCUT2D eigenvalue weighted by Crippen LogP contribution is -2.44. The van der Waals surface area contributed by atoms with Crippen LogP contribution in [-0.2, 0) is 0 Å². The molecule has 1 aliphatic carbocycles. The molecular formula is C16H21NO2. The molecule has 1 aliphatic heterocycles. The largest absolute Gasteiger partial charge is 0.507 e. The van der Waals surface area contributed by atoms with Crippen LogP contribution >= 0.6 is 0 Å². The van der Waals surface area contributed by atoms with Crippen LogP contribution < -0.4 is 0 Å². The Balaban J connectivity index is 1.73. The van der Waals surface area contributed by atoms with Gasteiger partial charge in [0, 0.05) is 13.1 Å². The fraction of sp³-hybridized carbons (Fsp3) is 0.562. The Morgan fingerprint density at radius 3 is 2.63 bits per heavy atom. The number of nitrogens with zero attached hydrogens (tertiary/aromatic N) is 1. The van der Waals surface area contributed by atoms with Crippen molar-refractivity contribution in [1.29, 1.82) is 0 Å². The zero-order valence-corrected chi connectivity index (χ0v) is 11.2. The summed E-state index contributed by atoms with van der Waals surface area (Å²) >= 11 is 0. The van der Waals surface area contributed by atoms with Crippen molar-refractivity contribution < 1.29 is 9.90 Å². The van der Waals surface area contributed by atoms with E-state index >= 15 is 0 Å². The van der Waals surface area contributed by atoms with Gasteiger partial charge in [0.1, 0.15) is 5.75 Å². The van der Waals surface area contributed by atoms with Crippen LogP contribution in [0.5, 0.6) is 5.75 Å². The molecule has 2 fully saturated rings. The molecule has 3 rings (SSSR count). The molecule has 1 aromatic carbocycles. The predicted octanol–water partition coefficient (Wildman–Crippen LogP) is 3.04. The fourth-order valence-electron chi connectivity index (χ4n) is 3.61. The summed E-state index contributed by atoms with van der Waals surface area (Å²) in [6.07, 6.45) is 6.39. The number of para-hydroxylation sites is 1. The first-order chi connectivity index (χ1) is 9.25. The van der Waals surface area contributed by atoms with Crippen molar-refractivity contribution in [1.82, 2.24) is 4.90 Å². The predicted molar refractivity (Wildman–Crippen MR) is 74.1 cm³/mol. The number of carbonyl (C=O) groups excluding carboxylic acids is 1. The Labute approximate surface area is 114 Å². The molecule has 0 aromatic heterocycles. The van der Waals surface area contributed by atoms with Crippen molar-refractivity contribution >= 4 is 5.91 Å². The molecular weight excluding hydrogens is 238 g/mol. The molecule has 1 amide bonds. The lowest BCUT2D eigenvalue weighted by molar-refractivity contribution is 0.0518. The number of phenolic OH excluding ortho intramolecular Hbond substituents is 1. The Morgan fingerprint density at radius 2 is 1.84 bits per heavy atom. The maximum absolute atomic E-state index is 12.5. The third-order valence-electron chi connectivity index (χ3n) is 4.71. The molecule has 19 heavy (non-hydrogen) atoms. The van der Waals surface area contributed by atoms with Gasteiger partial charge < -0.3 is 10.0 Å². The minimum absolute atomic E-state index is 0.0119. The van der Waals surface area contributed by atoms with Gasteiger partial charge in [-0.25, -0.2) is 0 Å². The molecule has 102 valence electrons. The standard InChI is InChI=1S/C16H21NO2/c18-15-8-4-3-7-14(15)16(19)17-10-9-12-5-1-2-6-13(12)11-17/h3-4,7-8,12-13,18H,1-2,5-6,9-11H2. The van der Waals surface area contributed by atoms with Gasteiger partial charge in [-0.15, -0.1) is 0 Å². The number of benzene rings is 1. The van der Waals surface area contributed by atoms with E-state index in [1.54, 1.807) is 24.3 Å². The van der Waals surface area contributed by atoms with Crippen molar-refractivity contribution in [3.05, 3.63) is 29.8 Å². The summed E-state index contributed by atoms with van der Waals surface area (Å²) < 4.78 is 0. The molecule has 0 spiro atoms. The van der Waals surface area contributed by atoms with Gasteiger partial charge in [-0.1, -0.05) is 31.4 Å². The molecule has 1 saturated carbocycles. The van der Waals surface area contributed by atoms with E-state index in [1.807, 2.05) is 4.90 Å². The zero-order valence-electron chi connectivity index (χ0n) is 11.2. The summed E-state index contributed by atoms with van der Waals surface area (Å²) in [6.45, 7) is 1.71. The van der Waals surface area contributed by atoms with Crippen LogP contribution in [0.2, 0.25) is 0 Å². The smallest absolute Gasteiger partial charge is 0.257 e. The lowest BCUT2D eigenvalue weighted by Gasteiger charge is -2.41. The number of likely N-dealkylation sites (tertiary alicyclic amines) is 1. The topological polar surface area (TPSA) is 40.5 Å². The Bertz CT molecular complexity index is 472. The van der Waals surface area contributed by atoms with Crippen molar-refractivity contribution in [3.63, 3.8) is 0 Å². The number of piperidine rings is 1. The van der Waals surface area contributed by atoms with Gasteiger partial charge in [-0.2, -0.15) is 0 Å². The van der Waals surface area contributed by atoms with E-state index in [4.69, 9.17) is 0 Å². The van der Waals surface area contributed by atoms with Crippen LogP contribution in [0.25, 0.3) is 0 Å². The average Bonchev–Trinajstić information content (AvgIpc) is 2.46. The minimum Gasteiger partial charge on any atom is -0.507 e.